The molecule has 0 aliphatic heterocycles. The summed E-state index contributed by atoms with van der Waals surface area (Å²) in [6.45, 7) is 4.51. The molecule has 0 aromatic rings. The van der Waals surface area contributed by atoms with Gasteiger partial charge in [-0.15, -0.1) is 0 Å². The van der Waals surface area contributed by atoms with Gasteiger partial charge in [0.25, 0.3) is 0 Å². The molecule has 440 valence electrons. The first kappa shape index (κ1) is 72.9. The third-order valence-corrected chi connectivity index (χ3v) is 14.0. The first-order chi connectivity index (χ1) is 37.2. The van der Waals surface area contributed by atoms with E-state index in [-0.39, 0.29) is 25.9 Å². The monoisotopic (exact) mass is 1090 g/mol. The number of phosphoric ester groups is 1. The van der Waals surface area contributed by atoms with Gasteiger partial charge in [-0.2, -0.15) is 0 Å². The van der Waals surface area contributed by atoms with Crippen molar-refractivity contribution in [2.45, 2.75) is 290 Å². The van der Waals surface area contributed by atoms with Gasteiger partial charge in [0, 0.05) is 19.3 Å². The predicted molar refractivity (Wildman–Crippen MR) is 316 cm³/mol. The van der Waals surface area contributed by atoms with Gasteiger partial charge in [0.2, 0.25) is 0 Å². The van der Waals surface area contributed by atoms with Crippen LogP contribution in [-0.4, -0.2) is 66.5 Å². The second-order valence-corrected chi connectivity index (χ2v) is 21.9. The maximum Gasteiger partial charge on any atom is 0.472 e. The van der Waals surface area contributed by atoms with Crippen LogP contribution in [0.4, 0.5) is 0 Å². The molecule has 2 N–H and O–H groups in total. The van der Waals surface area contributed by atoms with Crippen LogP contribution >= 0.6 is 7.82 Å². The van der Waals surface area contributed by atoms with Crippen LogP contribution in [0.5, 0.6) is 0 Å². The molecule has 0 heterocycles. The van der Waals surface area contributed by atoms with E-state index in [1.54, 1.807) is 0 Å². The number of allylic oxidation sites excluding steroid dienone is 12. The van der Waals surface area contributed by atoms with E-state index in [2.05, 4.69) is 93.7 Å². The Morgan fingerprint density at radius 3 is 1.08 bits per heavy atom. The number of phosphoric acid groups is 1. The van der Waals surface area contributed by atoms with E-state index in [4.69, 9.17) is 23.3 Å². The molecule has 3 unspecified atom stereocenters. The molecule has 3 atom stereocenters. The molecule has 0 aromatic heterocycles. The molecule has 0 amide bonds. The lowest BCUT2D eigenvalue weighted by Crippen LogP contribution is -2.30. The van der Waals surface area contributed by atoms with Crippen molar-refractivity contribution in [2.24, 2.45) is 0 Å². The average Bonchev–Trinajstić information content (AvgIpc) is 3.41. The summed E-state index contributed by atoms with van der Waals surface area (Å²) >= 11 is 0. The lowest BCUT2D eigenvalue weighted by atomic mass is 10.1. The van der Waals surface area contributed by atoms with Crippen LogP contribution in [0, 0.1) is 0 Å². The van der Waals surface area contributed by atoms with E-state index in [9.17, 15) is 28.9 Å². The highest BCUT2D eigenvalue weighted by Crippen LogP contribution is 2.43. The van der Waals surface area contributed by atoms with Gasteiger partial charge in [-0.25, -0.2) is 4.57 Å². The van der Waals surface area contributed by atoms with Crippen LogP contribution in [0.2, 0.25) is 0 Å². The summed E-state index contributed by atoms with van der Waals surface area (Å²) in [7, 11) is -4.76. The number of rotatable bonds is 57. The van der Waals surface area contributed by atoms with Crippen LogP contribution in [0.15, 0.2) is 72.9 Å². The van der Waals surface area contributed by atoms with Crippen molar-refractivity contribution in [1.82, 2.24) is 0 Å². The van der Waals surface area contributed by atoms with E-state index >= 15 is 0 Å². The van der Waals surface area contributed by atoms with Gasteiger partial charge < -0.3 is 24.2 Å². The number of hydrogen-bond donors (Lipinski definition) is 2. The summed E-state index contributed by atoms with van der Waals surface area (Å²) in [5.74, 6) is -1.49. The topological polar surface area (TPSA) is 155 Å². The maximum atomic E-state index is 12.9. The van der Waals surface area contributed by atoms with Crippen LogP contribution in [0.25, 0.3) is 0 Å². The summed E-state index contributed by atoms with van der Waals surface area (Å²) in [5, 5.41) is 9.82. The third-order valence-electron chi connectivity index (χ3n) is 13.1. The summed E-state index contributed by atoms with van der Waals surface area (Å²) in [4.78, 5) is 48.6. The SMILES string of the molecule is CC/C=C\C/C=C\C/C=C\C/C=C\CCCCCCCCC(=O)OCC(COP(=O)(O)OCC(CO)OC(=O)CCCCCCC/C=C\CCCCCC)OC(=O)CCCCCCCCC/C=C\CCCCCCCC. The minimum atomic E-state index is -4.76. The average molecular weight is 1090 g/mol. The number of aliphatic hydroxyl groups is 1. The van der Waals surface area contributed by atoms with Gasteiger partial charge in [0.05, 0.1) is 19.8 Å². The lowest BCUT2D eigenvalue weighted by Gasteiger charge is -2.21. The summed E-state index contributed by atoms with van der Waals surface area (Å²) in [6, 6.07) is 0. The molecular weight excluding hydrogens is 976 g/mol. The van der Waals surface area contributed by atoms with Crippen molar-refractivity contribution in [1.29, 1.82) is 0 Å². The Morgan fingerprint density at radius 2 is 0.684 bits per heavy atom. The number of aliphatic hydroxyl groups excluding tert-OH is 1. The number of ether oxygens (including phenoxy) is 3. The molecule has 0 bridgehead atoms. The lowest BCUT2D eigenvalue weighted by molar-refractivity contribution is -0.161. The Hall–Kier alpha value is -3.08. The fourth-order valence-electron chi connectivity index (χ4n) is 8.40. The fourth-order valence-corrected chi connectivity index (χ4v) is 9.18. The van der Waals surface area contributed by atoms with E-state index in [1.807, 2.05) is 0 Å². The summed E-state index contributed by atoms with van der Waals surface area (Å²) < 4.78 is 39.6. The van der Waals surface area contributed by atoms with E-state index in [1.165, 1.54) is 83.5 Å². The molecule has 0 fully saturated rings. The Bertz CT molecular complexity index is 1550. The Morgan fingerprint density at radius 1 is 0.382 bits per heavy atom. The molecule has 76 heavy (non-hydrogen) atoms. The van der Waals surface area contributed by atoms with Crippen molar-refractivity contribution in [3.05, 3.63) is 72.9 Å². The zero-order valence-electron chi connectivity index (χ0n) is 48.7. The predicted octanol–water partition coefficient (Wildman–Crippen LogP) is 18.5. The van der Waals surface area contributed by atoms with Crippen molar-refractivity contribution < 1.29 is 52.2 Å². The van der Waals surface area contributed by atoms with Crippen molar-refractivity contribution >= 4 is 25.7 Å². The van der Waals surface area contributed by atoms with Crippen LogP contribution in [0.1, 0.15) is 278 Å². The van der Waals surface area contributed by atoms with Crippen LogP contribution in [-0.2, 0) is 42.2 Å². The second kappa shape index (κ2) is 58.1. The highest BCUT2D eigenvalue weighted by molar-refractivity contribution is 7.47. The minimum absolute atomic E-state index is 0.158. The number of carbonyl (C=O) groups is 3. The molecule has 12 heteroatoms. The first-order valence-corrected chi connectivity index (χ1v) is 32.3. The molecule has 0 saturated carbocycles. The van der Waals surface area contributed by atoms with Crippen LogP contribution < -0.4 is 0 Å². The largest absolute Gasteiger partial charge is 0.472 e. The fraction of sp³-hybridized carbons (Fsp3) is 0.766. The summed E-state index contributed by atoms with van der Waals surface area (Å²) in [6.07, 6.45) is 65.6. The minimum Gasteiger partial charge on any atom is -0.462 e. The molecule has 0 rings (SSSR count). The molecule has 0 aliphatic rings. The van der Waals surface area contributed by atoms with Crippen LogP contribution in [0.3, 0.4) is 0 Å². The Balaban J connectivity index is 4.74. The first-order valence-electron chi connectivity index (χ1n) is 30.8. The van der Waals surface area contributed by atoms with Gasteiger partial charge in [-0.05, 0) is 109 Å². The molecular formula is C64H113O11P. The molecule has 0 radical (unpaired) electrons. The zero-order valence-corrected chi connectivity index (χ0v) is 49.6. The quantitative estimate of drug-likeness (QED) is 0.0197. The highest BCUT2D eigenvalue weighted by Gasteiger charge is 2.28. The standard InChI is InChI=1S/C64H113O11P/c1-4-7-10-13-16-19-22-25-27-29-30-32-33-36-38-41-44-47-50-53-62(66)71-57-61(75-64(68)55-52-49-46-43-40-37-34-31-28-26-23-20-17-14-11-8-5-2)59-73-76(69,70)72-58-60(56-65)74-63(67)54-51-48-45-42-39-35-24-21-18-15-12-9-6-3/h7,10,16,19,21,24-28,30,32,60-61,65H,4-6,8-9,11-15,17-18,20,22-23,29,31,33-59H2,1-3H3,(H,69,70)/b10-7-,19-16-,24-21-,27-25-,28-26-,32-30-. The number of unbranched alkanes of at least 4 members (excludes halogenated alkanes) is 28. The van der Waals surface area contributed by atoms with Gasteiger partial charge in [-0.3, -0.25) is 23.4 Å². The maximum absolute atomic E-state index is 12.9. The molecule has 0 aromatic carbocycles. The van der Waals surface area contributed by atoms with Crippen molar-refractivity contribution in [3.8, 4) is 0 Å². The highest BCUT2D eigenvalue weighted by atomic mass is 31.2. The van der Waals surface area contributed by atoms with E-state index < -0.39 is 57.8 Å². The van der Waals surface area contributed by atoms with Crippen molar-refractivity contribution in [2.75, 3.05) is 26.4 Å². The van der Waals surface area contributed by atoms with E-state index in [0.717, 1.165) is 135 Å². The van der Waals surface area contributed by atoms with Gasteiger partial charge >= 0.3 is 25.7 Å². The van der Waals surface area contributed by atoms with Crippen molar-refractivity contribution in [3.63, 3.8) is 0 Å². The molecule has 11 nitrogen and oxygen atoms in total. The smallest absolute Gasteiger partial charge is 0.462 e. The van der Waals surface area contributed by atoms with Gasteiger partial charge in [-0.1, -0.05) is 222 Å². The summed E-state index contributed by atoms with van der Waals surface area (Å²) in [5.41, 5.74) is 0. The van der Waals surface area contributed by atoms with Gasteiger partial charge in [0.15, 0.2) is 6.10 Å². The normalized spacial score (nSPS) is 13.8. The number of esters is 3. The van der Waals surface area contributed by atoms with Gasteiger partial charge in [0.1, 0.15) is 12.7 Å². The number of hydrogen-bond acceptors (Lipinski definition) is 10. The molecule has 0 aliphatic carbocycles. The number of carbonyl (C=O) groups excluding carboxylic acids is 3. The zero-order chi connectivity index (χ0) is 55.5. The van der Waals surface area contributed by atoms with E-state index in [0.29, 0.717) is 19.3 Å². The third kappa shape index (κ3) is 55.7. The molecule has 0 saturated heterocycles. The Kier molecular flexibility index (Phi) is 55.7. The molecule has 0 spiro atoms. The Labute approximate surface area is 465 Å². The second-order valence-electron chi connectivity index (χ2n) is 20.5.